The summed E-state index contributed by atoms with van der Waals surface area (Å²) in [7, 11) is 0. The molecule has 24 aromatic rings. The first-order valence-corrected chi connectivity index (χ1v) is 42.6. The number of aromatic nitrogens is 17. The van der Waals surface area contributed by atoms with E-state index in [0.29, 0.717) is 156 Å². The fourth-order valence-corrected chi connectivity index (χ4v) is 19.8. The normalized spacial score (nSPS) is 16.1. The molecule has 3 aliphatic heterocycles. The van der Waals surface area contributed by atoms with Gasteiger partial charge in [0.05, 0.1) is 151 Å². The van der Waals surface area contributed by atoms with Gasteiger partial charge in [-0.2, -0.15) is 0 Å². The van der Waals surface area contributed by atoms with E-state index in [2.05, 4.69) is 39.9 Å². The Balaban J connectivity index is 0.681. The van der Waals surface area contributed by atoms with Crippen molar-refractivity contribution in [3.05, 3.63) is 313 Å². The van der Waals surface area contributed by atoms with E-state index in [4.69, 9.17) is 117 Å². The second-order valence-electron chi connectivity index (χ2n) is 33.1. The highest BCUT2D eigenvalue weighted by Crippen LogP contribution is 2.50. The number of benzene rings is 8. The molecule has 1 aliphatic carbocycles. The first kappa shape index (κ1) is 72.1. The van der Waals surface area contributed by atoms with Crippen LogP contribution in [0.4, 0.5) is 11.6 Å². The summed E-state index contributed by atoms with van der Waals surface area (Å²) in [6.07, 6.45) is 5.94. The first-order chi connectivity index (χ1) is 64.5. The number of para-hydroxylation sites is 6. The quantitative estimate of drug-likeness (QED) is 0.0729. The number of fused-ring (bicyclic) bond motifs is 29. The average molecular weight is 1690 g/mol. The maximum atomic E-state index is 10.1. The van der Waals surface area contributed by atoms with Gasteiger partial charge in [-0.15, -0.1) is 0 Å². The van der Waals surface area contributed by atoms with E-state index >= 15 is 0 Å². The highest BCUT2D eigenvalue weighted by Gasteiger charge is 2.53. The predicted molar refractivity (Wildman–Crippen MR) is 516 cm³/mol. The molecule has 8 bridgehead atoms. The number of nitrogens with one attached hydrogen (secondary N) is 4. The summed E-state index contributed by atoms with van der Waals surface area (Å²) in [6, 6.07) is 84.4. The third kappa shape index (κ3) is 10.5. The van der Waals surface area contributed by atoms with E-state index in [1.165, 1.54) is 0 Å². The Morgan fingerprint density at radius 1 is 0.344 bits per heavy atom. The standard InChI is InChI=1S/C104H59N27/c105-47-74-121-92-75(104(108)65-34-42-71(57-24-4-14-51-20-10-46-112-79(51)57)118-91(65)90-64(97(104)122-74)33-41-68(117-90)56-23-3-13-50-19-9-45-111-78(50)56)100(127-98(92)106)129-102-95-96(126-89-63-30-38-67(55-22-2-12-49-18-8-44-110-77(49)55)114-84(63)83-62(88(89)125-95)29-37-66(113-83)54-21-1-11-48-17-7-43-109-76(48)54)103(131-102)130-101-94-93(99(107)128-101)123-86-60-31-39-69-58-25-5-15-52-27-35-72(119-80(52)58)73-36-28-53-16-6-26-59(81(53)120-73)70-40-32-61(87(86)124-94)85(116-70)82(60)115-69/h1-46,102,128H,47,105,107-108H2,(H,130,131)(H2,106,127,129). The summed E-state index contributed by atoms with van der Waals surface area (Å²) in [4.78, 5) is 112. The zero-order chi connectivity index (χ0) is 86.3. The summed E-state index contributed by atoms with van der Waals surface area (Å²) >= 11 is 0. The van der Waals surface area contributed by atoms with Crippen molar-refractivity contribution in [3.8, 4) is 56.4 Å². The van der Waals surface area contributed by atoms with Crippen molar-refractivity contribution in [2.45, 2.75) is 11.7 Å². The molecule has 0 amide bonds. The molecule has 27 nitrogen and oxygen atoms in total. The largest absolute Gasteiger partial charge is 0.383 e. The van der Waals surface area contributed by atoms with Gasteiger partial charge in [-0.05, 0) is 103 Å². The van der Waals surface area contributed by atoms with Crippen LogP contribution < -0.4 is 27.8 Å². The smallest absolute Gasteiger partial charge is 0.167 e. The molecule has 0 radical (unpaired) electrons. The molecular weight excluding hydrogens is 1630 g/mol. The molecule has 0 saturated heterocycles. The van der Waals surface area contributed by atoms with E-state index in [1.807, 2.05) is 231 Å². The number of amidine groups is 4. The third-order valence-corrected chi connectivity index (χ3v) is 25.8. The molecule has 27 heteroatoms. The minimum Gasteiger partial charge on any atom is -0.383 e. The number of H-pyrrole nitrogens is 1. The Morgan fingerprint density at radius 2 is 0.771 bits per heavy atom. The van der Waals surface area contributed by atoms with Crippen LogP contribution in [0.3, 0.4) is 0 Å². The van der Waals surface area contributed by atoms with Crippen LogP contribution in [0.2, 0.25) is 0 Å². The molecule has 16 aromatic heterocycles. The van der Waals surface area contributed by atoms with Crippen LogP contribution >= 0.6 is 0 Å². The summed E-state index contributed by atoms with van der Waals surface area (Å²) in [5.74, 6) is 0.849. The number of hydrogen-bond acceptors (Lipinski definition) is 24. The lowest BCUT2D eigenvalue weighted by atomic mass is 9.70. The Kier molecular flexibility index (Phi) is 14.8. The number of anilines is 1. The van der Waals surface area contributed by atoms with E-state index in [0.717, 1.165) is 109 Å². The van der Waals surface area contributed by atoms with Gasteiger partial charge in [0.2, 0.25) is 0 Å². The lowest BCUT2D eigenvalue weighted by Crippen LogP contribution is -2.52. The predicted octanol–water partition coefficient (Wildman–Crippen LogP) is 18.6. The van der Waals surface area contributed by atoms with Gasteiger partial charge in [0.15, 0.2) is 23.7 Å². The van der Waals surface area contributed by atoms with Gasteiger partial charge in [0.1, 0.15) is 51.1 Å². The summed E-state index contributed by atoms with van der Waals surface area (Å²) < 4.78 is 0. The van der Waals surface area contributed by atoms with Gasteiger partial charge in [-0.25, -0.2) is 79.8 Å². The van der Waals surface area contributed by atoms with Crippen molar-refractivity contribution in [2.24, 2.45) is 31.4 Å². The Hall–Kier alpha value is -18.2. The van der Waals surface area contributed by atoms with Crippen molar-refractivity contribution < 1.29 is 0 Å². The molecule has 8 aromatic carbocycles. The number of nitrogen functional groups attached to an aromatic ring is 1. The molecular formula is C104H59N27. The van der Waals surface area contributed by atoms with Crippen molar-refractivity contribution in [1.29, 1.82) is 5.41 Å². The molecule has 0 spiro atoms. The van der Waals surface area contributed by atoms with Crippen LogP contribution in [0.15, 0.2) is 311 Å². The maximum absolute atomic E-state index is 10.1. The van der Waals surface area contributed by atoms with E-state index < -0.39 is 11.7 Å². The minimum atomic E-state index is -1.82. The first-order valence-electron chi connectivity index (χ1n) is 42.6. The zero-order valence-corrected chi connectivity index (χ0v) is 68.5. The number of pyridine rings is 12. The van der Waals surface area contributed by atoms with Crippen LogP contribution in [0.25, 0.3) is 231 Å². The summed E-state index contributed by atoms with van der Waals surface area (Å²) in [6.45, 7) is -0.137. The molecule has 0 saturated carbocycles. The van der Waals surface area contributed by atoms with Crippen LogP contribution in [0, 0.1) is 5.41 Å². The van der Waals surface area contributed by atoms with Gasteiger partial charge < -0.3 is 32.8 Å². The Bertz CT molecular complexity index is 9640. The van der Waals surface area contributed by atoms with Crippen LogP contribution in [-0.2, 0) is 5.54 Å². The number of rotatable bonds is 7. The third-order valence-electron chi connectivity index (χ3n) is 25.8. The van der Waals surface area contributed by atoms with Crippen LogP contribution in [0.1, 0.15) is 28.7 Å². The van der Waals surface area contributed by atoms with Crippen molar-refractivity contribution in [1.82, 2.24) is 95.4 Å². The Labute approximate surface area is 737 Å². The average Bonchev–Trinajstić information content (AvgIpc) is 1.18. The molecule has 28 rings (SSSR count). The van der Waals surface area contributed by atoms with Crippen LogP contribution in [0.5, 0.6) is 0 Å². The van der Waals surface area contributed by atoms with E-state index in [1.54, 1.807) is 24.8 Å². The van der Waals surface area contributed by atoms with Gasteiger partial charge >= 0.3 is 0 Å². The summed E-state index contributed by atoms with van der Waals surface area (Å²) in [5, 5.41) is 27.2. The summed E-state index contributed by atoms with van der Waals surface area (Å²) in [5.41, 5.74) is 42.3. The lowest BCUT2D eigenvalue weighted by molar-refractivity contribution is 0.680. The number of nitrogens with two attached hydrogens (primary N) is 3. The Morgan fingerprint density at radius 3 is 1.31 bits per heavy atom. The minimum absolute atomic E-state index is 0.123. The van der Waals surface area contributed by atoms with Gasteiger partial charge in [-0.3, -0.25) is 25.3 Å². The molecule has 610 valence electrons. The number of aromatic amines is 1. The molecule has 2 unspecified atom stereocenters. The van der Waals surface area contributed by atoms with Crippen molar-refractivity contribution in [3.63, 3.8) is 0 Å². The van der Waals surface area contributed by atoms with Gasteiger partial charge in [-0.1, -0.05) is 152 Å². The monoisotopic (exact) mass is 1690 g/mol. The van der Waals surface area contributed by atoms with Crippen LogP contribution in [-0.4, -0.2) is 120 Å². The number of hydrogen-bond donors (Lipinski definition) is 7. The zero-order valence-electron chi connectivity index (χ0n) is 68.5. The molecule has 0 fully saturated rings. The second-order valence-corrected chi connectivity index (χ2v) is 33.1. The van der Waals surface area contributed by atoms with E-state index in [-0.39, 0.29) is 47.2 Å². The number of nitrogens with zero attached hydrogens (tertiary/aromatic N) is 20. The SMILES string of the molecule is N=C1NC(=NC2NC(=Nc3[nH]c(N)c4nc5c6ccc7nc6c6nc(ccc6c5nc34)c3cccc4ccc(nc43)c3ccc4cccc7c4n3)c3nc4c5ccc(-c6cccc7cccnc67)nc5c5nc(-c6cccc7cccnc67)ccc5c4nc32)C2=C1N=C(CN)N=C1c3ccc(-c4cccc5cccnc45)nc3-c3nc(-c4cccc5cccnc45)ccc3C12N. The fourth-order valence-electron chi connectivity index (χ4n) is 19.8. The van der Waals surface area contributed by atoms with Gasteiger partial charge in [0.25, 0.3) is 0 Å². The van der Waals surface area contributed by atoms with Gasteiger partial charge in [0, 0.05) is 123 Å². The molecule has 10 N–H and O–H groups in total. The maximum Gasteiger partial charge on any atom is 0.167 e. The highest BCUT2D eigenvalue weighted by atomic mass is 15.2. The topological polar surface area (TPSA) is 397 Å². The highest BCUT2D eigenvalue weighted by molar-refractivity contribution is 6.33. The van der Waals surface area contributed by atoms with E-state index in [9.17, 15) is 5.41 Å². The molecule has 2 atom stereocenters. The second kappa shape index (κ2) is 26.9. The van der Waals surface area contributed by atoms with Crippen molar-refractivity contribution in [2.75, 3.05) is 12.3 Å². The lowest BCUT2D eigenvalue weighted by Gasteiger charge is -2.38. The molecule has 131 heavy (non-hydrogen) atoms. The fraction of sp³-hybridized carbons (Fsp3) is 0.0288. The molecule has 19 heterocycles. The number of aliphatic imine (C=N–C) groups is 4. The van der Waals surface area contributed by atoms with Crippen molar-refractivity contribution >= 4 is 216 Å². The molecule has 4 aliphatic rings.